The first-order valence-corrected chi connectivity index (χ1v) is 5.32. The monoisotopic (exact) mass is 203 g/mol. The van der Waals surface area contributed by atoms with E-state index in [-0.39, 0.29) is 0 Å². The van der Waals surface area contributed by atoms with Crippen LogP contribution < -0.4 is 0 Å². The Morgan fingerprint density at radius 2 is 1.87 bits per heavy atom. The van der Waals surface area contributed by atoms with Crippen molar-refractivity contribution in [1.82, 2.24) is 0 Å². The van der Waals surface area contributed by atoms with E-state index in [1.54, 1.807) is 6.21 Å². The number of allylic oxidation sites excluding steroid dienone is 6. The van der Waals surface area contributed by atoms with Crippen molar-refractivity contribution < 1.29 is 0 Å². The molecule has 82 valence electrons. The van der Waals surface area contributed by atoms with Crippen molar-refractivity contribution in [3.8, 4) is 0 Å². The minimum Gasteiger partial charge on any atom is -0.261 e. The van der Waals surface area contributed by atoms with E-state index < -0.39 is 0 Å². The predicted octanol–water partition coefficient (Wildman–Crippen LogP) is 4.31. The van der Waals surface area contributed by atoms with E-state index in [9.17, 15) is 0 Å². The molecule has 0 saturated carbocycles. The van der Waals surface area contributed by atoms with Crippen molar-refractivity contribution in [3.05, 3.63) is 48.2 Å². The van der Waals surface area contributed by atoms with E-state index in [1.807, 2.05) is 38.2 Å². The van der Waals surface area contributed by atoms with Crippen molar-refractivity contribution in [2.75, 3.05) is 0 Å². The van der Waals surface area contributed by atoms with Gasteiger partial charge in [-0.3, -0.25) is 4.99 Å². The maximum Gasteiger partial charge on any atom is 0.0694 e. The van der Waals surface area contributed by atoms with Gasteiger partial charge in [0.2, 0.25) is 0 Å². The smallest absolute Gasteiger partial charge is 0.0694 e. The van der Waals surface area contributed by atoms with Gasteiger partial charge in [0.25, 0.3) is 0 Å². The number of aliphatic imine (C=N–C) groups is 1. The Labute approximate surface area is 93.6 Å². The molecule has 0 aliphatic rings. The van der Waals surface area contributed by atoms with Crippen molar-refractivity contribution in [3.63, 3.8) is 0 Å². The lowest BCUT2D eigenvalue weighted by atomic mass is 10.1. The first kappa shape index (κ1) is 13.6. The van der Waals surface area contributed by atoms with Gasteiger partial charge >= 0.3 is 0 Å². The van der Waals surface area contributed by atoms with Crippen LogP contribution in [-0.4, -0.2) is 6.21 Å². The lowest BCUT2D eigenvalue weighted by Crippen LogP contribution is -1.84. The highest BCUT2D eigenvalue weighted by molar-refractivity contribution is 5.57. The predicted molar refractivity (Wildman–Crippen MR) is 70.2 cm³/mol. The summed E-state index contributed by atoms with van der Waals surface area (Å²) in [7, 11) is 0. The Hall–Kier alpha value is -1.37. The van der Waals surface area contributed by atoms with Gasteiger partial charge in [0, 0.05) is 6.21 Å². The topological polar surface area (TPSA) is 12.4 Å². The minimum atomic E-state index is 0.531. The van der Waals surface area contributed by atoms with Crippen LogP contribution in [0.15, 0.2) is 53.2 Å². The number of nitrogens with zero attached hydrogens (tertiary/aromatic N) is 1. The van der Waals surface area contributed by atoms with Crippen molar-refractivity contribution in [1.29, 1.82) is 0 Å². The summed E-state index contributed by atoms with van der Waals surface area (Å²) in [6, 6.07) is 0. The van der Waals surface area contributed by atoms with Gasteiger partial charge in [0.15, 0.2) is 0 Å². The summed E-state index contributed by atoms with van der Waals surface area (Å²) < 4.78 is 0. The fourth-order valence-electron chi connectivity index (χ4n) is 1.07. The third-order valence-corrected chi connectivity index (χ3v) is 1.77. The molecule has 0 aromatic carbocycles. The molecular weight excluding hydrogens is 182 g/mol. The van der Waals surface area contributed by atoms with E-state index in [1.165, 1.54) is 0 Å². The van der Waals surface area contributed by atoms with Crippen LogP contribution in [0.4, 0.5) is 0 Å². The van der Waals surface area contributed by atoms with E-state index in [0.29, 0.717) is 5.92 Å². The van der Waals surface area contributed by atoms with Crippen molar-refractivity contribution in [2.45, 2.75) is 27.7 Å². The molecule has 0 saturated heterocycles. The summed E-state index contributed by atoms with van der Waals surface area (Å²) in [6.07, 6.45) is 11.8. The molecule has 0 aromatic heterocycles. The molecule has 15 heavy (non-hydrogen) atoms. The summed E-state index contributed by atoms with van der Waals surface area (Å²) in [5.74, 6) is 0.531. The third kappa shape index (κ3) is 5.84. The highest BCUT2D eigenvalue weighted by atomic mass is 14.7. The zero-order chi connectivity index (χ0) is 11.7. The van der Waals surface area contributed by atoms with Crippen LogP contribution in [-0.2, 0) is 0 Å². The lowest BCUT2D eigenvalue weighted by Gasteiger charge is -2.00. The molecule has 0 radical (unpaired) electrons. The Kier molecular flexibility index (Phi) is 7.25. The van der Waals surface area contributed by atoms with Gasteiger partial charge in [-0.2, -0.15) is 0 Å². The molecule has 0 bridgehead atoms. The summed E-state index contributed by atoms with van der Waals surface area (Å²) >= 11 is 0. The van der Waals surface area contributed by atoms with Crippen LogP contribution in [0.1, 0.15) is 27.7 Å². The van der Waals surface area contributed by atoms with Crippen LogP contribution in [0.2, 0.25) is 0 Å². The molecule has 0 heterocycles. The second-order valence-electron chi connectivity index (χ2n) is 3.54. The Morgan fingerprint density at radius 1 is 1.20 bits per heavy atom. The highest BCUT2D eigenvalue weighted by Gasteiger charge is 1.95. The molecule has 1 heteroatoms. The maximum absolute atomic E-state index is 4.33. The van der Waals surface area contributed by atoms with Crippen LogP contribution in [0.3, 0.4) is 0 Å². The number of hydrogen-bond donors (Lipinski definition) is 0. The van der Waals surface area contributed by atoms with E-state index in [0.717, 1.165) is 11.3 Å². The van der Waals surface area contributed by atoms with E-state index >= 15 is 0 Å². The number of rotatable bonds is 5. The van der Waals surface area contributed by atoms with Gasteiger partial charge in [-0.1, -0.05) is 44.7 Å². The summed E-state index contributed by atoms with van der Waals surface area (Å²) in [6.45, 7) is 12.0. The fraction of sp³-hybridized carbons (Fsp3) is 0.357. The standard InChI is InChI=1S/C14H21N/c1-6-9-13(7-2)14(15-8-3)11-10-12(4)5/h6-12H,2H2,1,3-5H3/b9-6-,11-10-,14-13+,15-8-. The van der Waals surface area contributed by atoms with E-state index in [2.05, 4.69) is 31.5 Å². The largest absolute Gasteiger partial charge is 0.261 e. The molecule has 0 amide bonds. The lowest BCUT2D eigenvalue weighted by molar-refractivity contribution is 0.830. The van der Waals surface area contributed by atoms with Crippen LogP contribution in [0.5, 0.6) is 0 Å². The quantitative estimate of drug-likeness (QED) is 0.466. The molecule has 0 unspecified atom stereocenters. The molecule has 0 spiro atoms. The molecule has 0 atom stereocenters. The Balaban J connectivity index is 5.14. The average Bonchev–Trinajstić information content (AvgIpc) is 2.21. The van der Waals surface area contributed by atoms with Crippen molar-refractivity contribution in [2.24, 2.45) is 10.9 Å². The van der Waals surface area contributed by atoms with Crippen LogP contribution in [0, 0.1) is 5.92 Å². The Morgan fingerprint density at radius 3 is 2.27 bits per heavy atom. The molecule has 0 rings (SSSR count). The van der Waals surface area contributed by atoms with E-state index in [4.69, 9.17) is 0 Å². The Bertz CT molecular complexity index is 301. The minimum absolute atomic E-state index is 0.531. The summed E-state index contributed by atoms with van der Waals surface area (Å²) in [5.41, 5.74) is 2.01. The molecule has 0 fully saturated rings. The third-order valence-electron chi connectivity index (χ3n) is 1.77. The fourth-order valence-corrected chi connectivity index (χ4v) is 1.07. The normalized spacial score (nSPS) is 14.5. The zero-order valence-electron chi connectivity index (χ0n) is 10.2. The summed E-state index contributed by atoms with van der Waals surface area (Å²) in [4.78, 5) is 4.33. The molecule has 0 aliphatic carbocycles. The first-order valence-electron chi connectivity index (χ1n) is 5.32. The maximum atomic E-state index is 4.33. The highest BCUT2D eigenvalue weighted by Crippen LogP contribution is 2.12. The second-order valence-corrected chi connectivity index (χ2v) is 3.54. The average molecular weight is 203 g/mol. The molecule has 1 nitrogen and oxygen atoms in total. The van der Waals surface area contributed by atoms with Gasteiger partial charge in [0.05, 0.1) is 5.70 Å². The van der Waals surface area contributed by atoms with Crippen molar-refractivity contribution >= 4 is 6.21 Å². The zero-order valence-corrected chi connectivity index (χ0v) is 10.2. The SMILES string of the molecule is C=CC(/C=C\C)=C(/C=C\C(C)C)\N=C/C. The van der Waals surface area contributed by atoms with Crippen LogP contribution >= 0.6 is 0 Å². The van der Waals surface area contributed by atoms with Crippen LogP contribution in [0.25, 0.3) is 0 Å². The number of hydrogen-bond acceptors (Lipinski definition) is 1. The van der Waals surface area contributed by atoms with Gasteiger partial charge < -0.3 is 0 Å². The summed E-state index contributed by atoms with van der Waals surface area (Å²) in [5, 5.41) is 0. The molecular formula is C14H21N. The first-order chi connectivity index (χ1) is 7.15. The van der Waals surface area contributed by atoms with Gasteiger partial charge in [0.1, 0.15) is 0 Å². The van der Waals surface area contributed by atoms with Gasteiger partial charge in [-0.05, 0) is 31.4 Å². The molecule has 0 aliphatic heterocycles. The van der Waals surface area contributed by atoms with Gasteiger partial charge in [-0.25, -0.2) is 0 Å². The second kappa shape index (κ2) is 7.98. The molecule has 0 aromatic rings. The molecule has 0 N–H and O–H groups in total. The van der Waals surface area contributed by atoms with Gasteiger partial charge in [-0.15, -0.1) is 0 Å².